The Morgan fingerprint density at radius 1 is 1.60 bits per heavy atom. The quantitative estimate of drug-likeness (QED) is 0.795. The summed E-state index contributed by atoms with van der Waals surface area (Å²) in [4.78, 5) is 11.4. The Morgan fingerprint density at radius 3 is 2.93 bits per heavy atom. The molecule has 4 heteroatoms. The molecule has 0 bridgehead atoms. The summed E-state index contributed by atoms with van der Waals surface area (Å²) in [6.07, 6.45) is 0.354. The first-order valence-electron chi connectivity index (χ1n) is 4.87. The Kier molecular flexibility index (Phi) is 4.24. The topological polar surface area (TPSA) is 55.1 Å². The summed E-state index contributed by atoms with van der Waals surface area (Å²) in [6, 6.07) is 5.81. The number of anilines is 1. The molecule has 15 heavy (non-hydrogen) atoms. The van der Waals surface area contributed by atoms with Crippen molar-refractivity contribution in [2.24, 2.45) is 11.7 Å². The van der Waals surface area contributed by atoms with Gasteiger partial charge in [0.2, 0.25) is 5.91 Å². The predicted molar refractivity (Wildman–Crippen MR) is 57.9 cm³/mol. The van der Waals surface area contributed by atoms with E-state index >= 15 is 0 Å². The van der Waals surface area contributed by atoms with Crippen LogP contribution in [0.3, 0.4) is 0 Å². The molecular weight excluding hydrogens is 195 g/mol. The van der Waals surface area contributed by atoms with Gasteiger partial charge < -0.3 is 11.1 Å². The minimum Gasteiger partial charge on any atom is -0.330 e. The van der Waals surface area contributed by atoms with Crippen molar-refractivity contribution in [2.45, 2.75) is 13.3 Å². The van der Waals surface area contributed by atoms with Crippen LogP contribution in [-0.2, 0) is 4.79 Å². The van der Waals surface area contributed by atoms with E-state index in [2.05, 4.69) is 5.32 Å². The van der Waals surface area contributed by atoms with Gasteiger partial charge in [-0.15, -0.1) is 0 Å². The molecule has 0 aliphatic carbocycles. The van der Waals surface area contributed by atoms with E-state index in [9.17, 15) is 9.18 Å². The normalized spacial score (nSPS) is 12.2. The van der Waals surface area contributed by atoms with Crippen LogP contribution in [0.5, 0.6) is 0 Å². The summed E-state index contributed by atoms with van der Waals surface area (Å²) in [6.45, 7) is 2.36. The highest BCUT2D eigenvalue weighted by atomic mass is 19.1. The van der Waals surface area contributed by atoms with Gasteiger partial charge in [0, 0.05) is 12.1 Å². The predicted octanol–water partition coefficient (Wildman–Crippen LogP) is 1.75. The summed E-state index contributed by atoms with van der Waals surface area (Å²) in [5, 5.41) is 2.61. The Balaban J connectivity index is 2.51. The third-order valence-corrected chi connectivity index (χ3v) is 2.04. The molecule has 0 spiro atoms. The third-order valence-electron chi connectivity index (χ3n) is 2.04. The lowest BCUT2D eigenvalue weighted by molar-refractivity contribution is -0.116. The van der Waals surface area contributed by atoms with Gasteiger partial charge in [0.25, 0.3) is 0 Å². The van der Waals surface area contributed by atoms with Crippen LogP contribution in [0.1, 0.15) is 13.3 Å². The van der Waals surface area contributed by atoms with Crippen LogP contribution in [0, 0.1) is 11.7 Å². The van der Waals surface area contributed by atoms with E-state index in [0.717, 1.165) is 0 Å². The van der Waals surface area contributed by atoms with Crippen LogP contribution in [0.2, 0.25) is 0 Å². The van der Waals surface area contributed by atoms with Gasteiger partial charge in [-0.2, -0.15) is 0 Å². The summed E-state index contributed by atoms with van der Waals surface area (Å²) < 4.78 is 12.8. The van der Waals surface area contributed by atoms with E-state index in [0.29, 0.717) is 18.7 Å². The third kappa shape index (κ3) is 4.08. The van der Waals surface area contributed by atoms with Crippen molar-refractivity contribution >= 4 is 11.6 Å². The lowest BCUT2D eigenvalue weighted by Crippen LogP contribution is -2.20. The number of hydrogen-bond acceptors (Lipinski definition) is 2. The fraction of sp³-hybridized carbons (Fsp3) is 0.364. The second kappa shape index (κ2) is 5.46. The van der Waals surface area contributed by atoms with Crippen molar-refractivity contribution in [3.63, 3.8) is 0 Å². The molecule has 3 nitrogen and oxygen atoms in total. The van der Waals surface area contributed by atoms with Gasteiger partial charge in [0.1, 0.15) is 5.82 Å². The molecule has 0 aromatic heterocycles. The Labute approximate surface area is 88.5 Å². The highest BCUT2D eigenvalue weighted by molar-refractivity contribution is 5.90. The highest BCUT2D eigenvalue weighted by Crippen LogP contribution is 2.10. The molecule has 0 aliphatic heterocycles. The van der Waals surface area contributed by atoms with Crippen LogP contribution in [0.4, 0.5) is 10.1 Å². The second-order valence-electron chi connectivity index (χ2n) is 3.60. The summed E-state index contributed by atoms with van der Waals surface area (Å²) in [7, 11) is 0. The van der Waals surface area contributed by atoms with Crippen molar-refractivity contribution in [2.75, 3.05) is 11.9 Å². The number of halogens is 1. The Morgan fingerprint density at radius 2 is 2.33 bits per heavy atom. The first-order valence-corrected chi connectivity index (χ1v) is 4.87. The number of carbonyl (C=O) groups excluding carboxylic acids is 1. The number of benzene rings is 1. The van der Waals surface area contributed by atoms with Crippen LogP contribution in [-0.4, -0.2) is 12.5 Å². The number of carbonyl (C=O) groups is 1. The van der Waals surface area contributed by atoms with Gasteiger partial charge in [0.15, 0.2) is 0 Å². The first-order chi connectivity index (χ1) is 7.11. The van der Waals surface area contributed by atoms with Crippen LogP contribution in [0.25, 0.3) is 0 Å². The summed E-state index contributed by atoms with van der Waals surface area (Å²) in [5.41, 5.74) is 5.87. The number of nitrogens with two attached hydrogens (primary N) is 1. The summed E-state index contributed by atoms with van der Waals surface area (Å²) >= 11 is 0. The molecule has 1 amide bonds. The van der Waals surface area contributed by atoms with Gasteiger partial charge in [-0.05, 0) is 30.7 Å². The largest absolute Gasteiger partial charge is 0.330 e. The molecule has 0 saturated heterocycles. The van der Waals surface area contributed by atoms with Gasteiger partial charge >= 0.3 is 0 Å². The highest BCUT2D eigenvalue weighted by Gasteiger charge is 2.07. The molecule has 0 radical (unpaired) electrons. The van der Waals surface area contributed by atoms with Gasteiger partial charge in [-0.1, -0.05) is 13.0 Å². The number of rotatable bonds is 4. The number of nitrogens with one attached hydrogen (secondary N) is 1. The van der Waals surface area contributed by atoms with E-state index < -0.39 is 0 Å². The molecule has 0 fully saturated rings. The Bertz CT molecular complexity index is 341. The fourth-order valence-corrected chi connectivity index (χ4v) is 1.18. The number of hydrogen-bond donors (Lipinski definition) is 2. The fourth-order valence-electron chi connectivity index (χ4n) is 1.18. The molecule has 3 N–H and O–H groups in total. The molecular formula is C11H15FN2O. The van der Waals surface area contributed by atoms with Crippen LogP contribution >= 0.6 is 0 Å². The zero-order valence-electron chi connectivity index (χ0n) is 8.66. The average molecular weight is 210 g/mol. The van der Waals surface area contributed by atoms with Gasteiger partial charge in [-0.3, -0.25) is 4.79 Å². The molecule has 82 valence electrons. The molecule has 0 saturated carbocycles. The van der Waals surface area contributed by atoms with Gasteiger partial charge in [0.05, 0.1) is 0 Å². The number of amides is 1. The lowest BCUT2D eigenvalue weighted by Gasteiger charge is -2.08. The molecule has 1 aromatic rings. The van der Waals surface area contributed by atoms with Crippen molar-refractivity contribution in [3.8, 4) is 0 Å². The van der Waals surface area contributed by atoms with Gasteiger partial charge in [-0.25, -0.2) is 4.39 Å². The molecule has 0 aliphatic rings. The maximum atomic E-state index is 12.8. The van der Waals surface area contributed by atoms with Crippen molar-refractivity contribution < 1.29 is 9.18 Å². The SMILES string of the molecule is CC(CN)CC(=O)Nc1cccc(F)c1. The van der Waals surface area contributed by atoms with Crippen molar-refractivity contribution in [1.29, 1.82) is 0 Å². The first kappa shape index (κ1) is 11.7. The van der Waals surface area contributed by atoms with E-state index in [4.69, 9.17) is 5.73 Å². The van der Waals surface area contributed by atoms with Crippen molar-refractivity contribution in [3.05, 3.63) is 30.1 Å². The maximum absolute atomic E-state index is 12.8. The summed E-state index contributed by atoms with van der Waals surface area (Å²) in [5.74, 6) is -0.364. The Hall–Kier alpha value is -1.42. The van der Waals surface area contributed by atoms with E-state index in [-0.39, 0.29) is 17.6 Å². The smallest absolute Gasteiger partial charge is 0.224 e. The van der Waals surface area contributed by atoms with E-state index in [1.807, 2.05) is 6.92 Å². The molecule has 1 aromatic carbocycles. The average Bonchev–Trinajstić information content (AvgIpc) is 2.17. The van der Waals surface area contributed by atoms with E-state index in [1.54, 1.807) is 12.1 Å². The monoisotopic (exact) mass is 210 g/mol. The zero-order valence-corrected chi connectivity index (χ0v) is 8.66. The standard InChI is InChI=1S/C11H15FN2O/c1-8(7-13)5-11(15)14-10-4-2-3-9(12)6-10/h2-4,6,8H,5,7,13H2,1H3,(H,14,15). The van der Waals surface area contributed by atoms with Crippen LogP contribution < -0.4 is 11.1 Å². The van der Waals surface area contributed by atoms with Crippen molar-refractivity contribution in [1.82, 2.24) is 0 Å². The molecule has 1 rings (SSSR count). The molecule has 1 atom stereocenters. The minimum atomic E-state index is -0.361. The van der Waals surface area contributed by atoms with E-state index in [1.165, 1.54) is 12.1 Å². The molecule has 0 heterocycles. The zero-order chi connectivity index (χ0) is 11.3. The maximum Gasteiger partial charge on any atom is 0.224 e. The lowest BCUT2D eigenvalue weighted by atomic mass is 10.1. The second-order valence-corrected chi connectivity index (χ2v) is 3.60. The van der Waals surface area contributed by atoms with Crippen LogP contribution in [0.15, 0.2) is 24.3 Å². The minimum absolute atomic E-state index is 0.138. The molecule has 1 unspecified atom stereocenters.